The first kappa shape index (κ1) is 36.6. The van der Waals surface area contributed by atoms with Gasteiger partial charge in [0.1, 0.15) is 11.3 Å². The number of nitriles is 1. The van der Waals surface area contributed by atoms with Gasteiger partial charge >= 0.3 is 12.1 Å². The number of aryl methyl sites for hydroxylation is 1. The molecule has 1 amide bonds. The number of benzene rings is 1. The van der Waals surface area contributed by atoms with Crippen molar-refractivity contribution in [1.29, 1.82) is 5.26 Å². The Kier molecular flexibility index (Phi) is 11.1. The van der Waals surface area contributed by atoms with E-state index in [4.69, 9.17) is 30.9 Å². The van der Waals surface area contributed by atoms with E-state index in [0.717, 1.165) is 10.5 Å². The largest absolute Gasteiger partial charge is 0.479 e. The molecule has 258 valence electrons. The van der Waals surface area contributed by atoms with Gasteiger partial charge < -0.3 is 18.8 Å². The summed E-state index contributed by atoms with van der Waals surface area (Å²) in [7, 11) is 4.52. The van der Waals surface area contributed by atoms with Crippen LogP contribution in [-0.4, -0.2) is 62.7 Å². The minimum atomic E-state index is -0.739. The quantitative estimate of drug-likeness (QED) is 0.183. The van der Waals surface area contributed by atoms with Crippen molar-refractivity contribution in [3.63, 3.8) is 0 Å². The number of anilines is 1. The Bertz CT molecular complexity index is 1960. The maximum Gasteiger partial charge on any atom is 0.416 e. The van der Waals surface area contributed by atoms with Gasteiger partial charge in [0.15, 0.2) is 5.69 Å². The molecule has 0 aliphatic carbocycles. The second-order valence-corrected chi connectivity index (χ2v) is 13.1. The summed E-state index contributed by atoms with van der Waals surface area (Å²) in [6, 6.07) is 10.7. The highest BCUT2D eigenvalue weighted by Gasteiger charge is 2.34. The second-order valence-electron chi connectivity index (χ2n) is 12.6. The molecule has 1 atom stereocenters. The van der Waals surface area contributed by atoms with Crippen LogP contribution in [0.2, 0.25) is 5.02 Å². The fraction of sp³-hybridized carbons (Fsp3) is 0.400. The van der Waals surface area contributed by atoms with Gasteiger partial charge in [-0.15, -0.1) is 0 Å². The minimum absolute atomic E-state index is 0.0196. The topological polar surface area (TPSA) is 154 Å². The van der Waals surface area contributed by atoms with Crippen molar-refractivity contribution in [2.45, 2.75) is 65.4 Å². The lowest BCUT2D eigenvalue weighted by Crippen LogP contribution is -2.35. The van der Waals surface area contributed by atoms with Crippen LogP contribution < -0.4 is 15.2 Å². The van der Waals surface area contributed by atoms with E-state index in [2.05, 4.69) is 16.0 Å². The van der Waals surface area contributed by atoms with E-state index in [9.17, 15) is 19.6 Å². The predicted octanol–water partition coefficient (Wildman–Crippen LogP) is 5.94. The lowest BCUT2D eigenvalue weighted by molar-refractivity contribution is 0.0515. The fourth-order valence-electron chi connectivity index (χ4n) is 5.37. The number of methoxy groups -OCH3 is 1. The van der Waals surface area contributed by atoms with E-state index in [1.165, 1.54) is 35.8 Å². The highest BCUT2D eigenvalue weighted by Crippen LogP contribution is 2.39. The summed E-state index contributed by atoms with van der Waals surface area (Å²) in [4.78, 5) is 49.9. The van der Waals surface area contributed by atoms with Crippen LogP contribution in [0, 0.1) is 11.3 Å². The number of amides is 1. The standard InChI is InChI=1S/C35H40ClN7O6/c1-10-48-32(45)28-27(25(22-13-11-21(17-37)12-14-22)16-23-15-24(36)19-41(7)31(23)44)29(20(2)3)43(40-28)26-18-38-33(39-30(26)47-9)42(8)34(46)49-35(4,5)6/h11-15,18-20,25H,10,16H2,1-9H3. The molecule has 0 radical (unpaired) electrons. The van der Waals surface area contributed by atoms with E-state index < -0.39 is 23.6 Å². The summed E-state index contributed by atoms with van der Waals surface area (Å²) in [6.07, 6.45) is 2.46. The highest BCUT2D eigenvalue weighted by molar-refractivity contribution is 6.30. The maximum absolute atomic E-state index is 13.7. The number of hydrogen-bond donors (Lipinski definition) is 0. The lowest BCUT2D eigenvalue weighted by Gasteiger charge is -2.24. The second kappa shape index (κ2) is 14.9. The summed E-state index contributed by atoms with van der Waals surface area (Å²) in [5.74, 6) is -1.44. The Balaban J connectivity index is 2.01. The fourth-order valence-corrected chi connectivity index (χ4v) is 5.65. The van der Waals surface area contributed by atoms with Crippen LogP contribution in [0.25, 0.3) is 5.69 Å². The van der Waals surface area contributed by atoms with Crippen LogP contribution in [0.15, 0.2) is 47.5 Å². The van der Waals surface area contributed by atoms with E-state index in [-0.39, 0.29) is 42.0 Å². The van der Waals surface area contributed by atoms with Gasteiger partial charge in [0.2, 0.25) is 11.8 Å². The normalized spacial score (nSPS) is 12.0. The molecule has 0 aliphatic rings. The molecule has 4 rings (SSSR count). The summed E-state index contributed by atoms with van der Waals surface area (Å²) in [5, 5.41) is 14.6. The van der Waals surface area contributed by atoms with Crippen LogP contribution in [0.4, 0.5) is 10.7 Å². The number of ether oxygens (including phenoxy) is 3. The minimum Gasteiger partial charge on any atom is -0.479 e. The molecular weight excluding hydrogens is 650 g/mol. The molecule has 3 heterocycles. The van der Waals surface area contributed by atoms with Crippen LogP contribution in [0.1, 0.15) is 91.8 Å². The van der Waals surface area contributed by atoms with Gasteiger partial charge in [0.25, 0.3) is 5.56 Å². The van der Waals surface area contributed by atoms with Crippen molar-refractivity contribution in [2.24, 2.45) is 7.05 Å². The van der Waals surface area contributed by atoms with Gasteiger partial charge in [-0.1, -0.05) is 37.6 Å². The van der Waals surface area contributed by atoms with Crippen LogP contribution >= 0.6 is 11.6 Å². The summed E-state index contributed by atoms with van der Waals surface area (Å²) >= 11 is 6.40. The third-order valence-corrected chi connectivity index (χ3v) is 7.73. The Hall–Kier alpha value is -5.22. The number of halogens is 1. The molecule has 0 saturated heterocycles. The SMILES string of the molecule is CCOC(=O)c1nn(-c2cnc(N(C)C(=O)OC(C)(C)C)nc2OC)c(C(C)C)c1C(Cc1cc(Cl)cn(C)c1=O)c1ccc(C#N)cc1. The summed E-state index contributed by atoms with van der Waals surface area (Å²) < 4.78 is 19.6. The Labute approximate surface area is 290 Å². The van der Waals surface area contributed by atoms with Crippen molar-refractivity contribution in [3.05, 3.63) is 91.7 Å². The van der Waals surface area contributed by atoms with Gasteiger partial charge in [-0.3, -0.25) is 4.79 Å². The van der Waals surface area contributed by atoms with E-state index in [1.807, 2.05) is 13.8 Å². The Morgan fingerprint density at radius 3 is 2.41 bits per heavy atom. The van der Waals surface area contributed by atoms with Gasteiger partial charge in [-0.05, 0) is 63.8 Å². The molecule has 13 nitrogen and oxygen atoms in total. The monoisotopic (exact) mass is 689 g/mol. The number of rotatable bonds is 10. The van der Waals surface area contributed by atoms with Crippen LogP contribution in [0.3, 0.4) is 0 Å². The molecule has 49 heavy (non-hydrogen) atoms. The van der Waals surface area contributed by atoms with Crippen molar-refractivity contribution in [3.8, 4) is 17.6 Å². The number of esters is 1. The molecule has 0 fully saturated rings. The van der Waals surface area contributed by atoms with Gasteiger partial charge in [0, 0.05) is 37.3 Å². The molecule has 4 aromatic rings. The number of carbonyl (C=O) groups is 2. The third-order valence-electron chi connectivity index (χ3n) is 7.53. The van der Waals surface area contributed by atoms with E-state index >= 15 is 0 Å². The number of aromatic nitrogens is 5. The summed E-state index contributed by atoms with van der Waals surface area (Å²) in [6.45, 7) is 10.9. The number of nitrogens with zero attached hydrogens (tertiary/aromatic N) is 7. The molecule has 1 unspecified atom stereocenters. The van der Waals surface area contributed by atoms with E-state index in [0.29, 0.717) is 33.1 Å². The number of carbonyl (C=O) groups excluding carboxylic acids is 2. The Morgan fingerprint density at radius 1 is 1.16 bits per heavy atom. The zero-order valence-electron chi connectivity index (χ0n) is 29.1. The molecule has 0 N–H and O–H groups in total. The van der Waals surface area contributed by atoms with Gasteiger partial charge in [-0.2, -0.15) is 15.3 Å². The zero-order valence-corrected chi connectivity index (χ0v) is 29.8. The molecule has 0 spiro atoms. The van der Waals surface area contributed by atoms with Crippen molar-refractivity contribution < 1.29 is 23.8 Å². The molecule has 0 saturated carbocycles. The maximum atomic E-state index is 13.7. The molecule has 0 bridgehead atoms. The van der Waals surface area contributed by atoms with Gasteiger partial charge in [0.05, 0.1) is 42.3 Å². The molecule has 14 heteroatoms. The van der Waals surface area contributed by atoms with Crippen molar-refractivity contribution >= 4 is 29.6 Å². The van der Waals surface area contributed by atoms with E-state index in [1.54, 1.807) is 65.1 Å². The molecule has 3 aromatic heterocycles. The van der Waals surface area contributed by atoms with Gasteiger partial charge in [-0.25, -0.2) is 24.2 Å². The average Bonchev–Trinajstić information content (AvgIpc) is 3.45. The average molecular weight is 690 g/mol. The first-order chi connectivity index (χ1) is 23.1. The van der Waals surface area contributed by atoms with Crippen LogP contribution in [0.5, 0.6) is 5.88 Å². The number of pyridine rings is 1. The predicted molar refractivity (Wildman–Crippen MR) is 184 cm³/mol. The lowest BCUT2D eigenvalue weighted by atomic mass is 9.82. The smallest absolute Gasteiger partial charge is 0.416 e. The number of hydrogen-bond acceptors (Lipinski definition) is 10. The van der Waals surface area contributed by atoms with Crippen molar-refractivity contribution in [1.82, 2.24) is 24.3 Å². The van der Waals surface area contributed by atoms with Crippen LogP contribution in [-0.2, 0) is 22.9 Å². The highest BCUT2D eigenvalue weighted by atomic mass is 35.5. The Morgan fingerprint density at radius 2 is 1.84 bits per heavy atom. The molecular formula is C35H40ClN7O6. The molecule has 0 aliphatic heterocycles. The van der Waals surface area contributed by atoms with Crippen molar-refractivity contribution in [2.75, 3.05) is 25.7 Å². The third kappa shape index (κ3) is 8.09. The zero-order chi connectivity index (χ0) is 36.2. The first-order valence-corrected chi connectivity index (χ1v) is 16.0. The summed E-state index contributed by atoms with van der Waals surface area (Å²) in [5.41, 5.74) is 2.03. The molecule has 1 aromatic carbocycles. The first-order valence-electron chi connectivity index (χ1n) is 15.6.